The minimum absolute atomic E-state index is 0.170. The van der Waals surface area contributed by atoms with Crippen molar-refractivity contribution in [1.82, 2.24) is 14.3 Å². The first-order valence-corrected chi connectivity index (χ1v) is 8.68. The molecule has 0 aliphatic carbocycles. The molecule has 3 rings (SSSR count). The molecule has 7 heteroatoms. The Hall–Kier alpha value is -1.57. The van der Waals surface area contributed by atoms with Crippen LogP contribution in [0.15, 0.2) is 18.2 Å². The van der Waals surface area contributed by atoms with Crippen LogP contribution in [0.1, 0.15) is 17.0 Å². The van der Waals surface area contributed by atoms with E-state index in [1.807, 2.05) is 6.07 Å². The lowest BCUT2D eigenvalue weighted by Crippen LogP contribution is -2.47. The second-order valence-electron chi connectivity index (χ2n) is 5.87. The Labute approximate surface area is 140 Å². The predicted molar refractivity (Wildman–Crippen MR) is 91.6 cm³/mol. The molecule has 1 aromatic heterocycles. The van der Waals surface area contributed by atoms with Crippen LogP contribution in [0.4, 0.5) is 9.52 Å². The van der Waals surface area contributed by atoms with E-state index >= 15 is 0 Å². The summed E-state index contributed by atoms with van der Waals surface area (Å²) in [7, 11) is 0. The van der Waals surface area contributed by atoms with Crippen LogP contribution in [0.2, 0.25) is 0 Å². The van der Waals surface area contributed by atoms with Crippen LogP contribution in [-0.2, 0) is 6.42 Å². The Balaban J connectivity index is 1.61. The summed E-state index contributed by atoms with van der Waals surface area (Å²) in [5.41, 5.74) is 7.31. The van der Waals surface area contributed by atoms with Crippen LogP contribution in [0, 0.1) is 12.7 Å². The summed E-state index contributed by atoms with van der Waals surface area (Å²) in [5, 5.41) is 0.978. The average Bonchev–Trinajstić information content (AvgIpc) is 3.00. The van der Waals surface area contributed by atoms with Gasteiger partial charge >= 0.3 is 0 Å². The van der Waals surface area contributed by atoms with Crippen molar-refractivity contribution in [3.05, 3.63) is 41.0 Å². The molecule has 0 spiro atoms. The molecule has 0 saturated carbocycles. The van der Waals surface area contributed by atoms with Gasteiger partial charge in [-0.25, -0.2) is 9.37 Å². The molecule has 5 nitrogen and oxygen atoms in total. The number of aromatic nitrogens is 2. The second kappa shape index (κ2) is 7.33. The van der Waals surface area contributed by atoms with E-state index in [-0.39, 0.29) is 5.82 Å². The minimum Gasteiger partial charge on any atom is -0.344 e. The third kappa shape index (κ3) is 4.04. The lowest BCUT2D eigenvalue weighted by molar-refractivity contribution is 0.265. The topological polar surface area (TPSA) is 58.3 Å². The van der Waals surface area contributed by atoms with Crippen LogP contribution >= 0.6 is 11.5 Å². The number of rotatable bonds is 5. The van der Waals surface area contributed by atoms with Crippen LogP contribution in [0.3, 0.4) is 0 Å². The summed E-state index contributed by atoms with van der Waals surface area (Å²) in [6, 6.07) is 5.17. The van der Waals surface area contributed by atoms with E-state index in [4.69, 9.17) is 5.73 Å². The number of halogens is 1. The normalized spacial score (nSPS) is 16.0. The van der Waals surface area contributed by atoms with Gasteiger partial charge < -0.3 is 10.6 Å². The van der Waals surface area contributed by atoms with Gasteiger partial charge in [0, 0.05) is 57.2 Å². The van der Waals surface area contributed by atoms with Gasteiger partial charge in [-0.1, -0.05) is 12.1 Å². The summed E-state index contributed by atoms with van der Waals surface area (Å²) < 4.78 is 17.8. The van der Waals surface area contributed by atoms with Gasteiger partial charge in [0.2, 0.25) is 5.13 Å². The first kappa shape index (κ1) is 16.3. The Morgan fingerprint density at radius 2 is 2.04 bits per heavy atom. The fourth-order valence-corrected chi connectivity index (χ4v) is 3.53. The van der Waals surface area contributed by atoms with Gasteiger partial charge in [0.25, 0.3) is 0 Å². The second-order valence-corrected chi connectivity index (χ2v) is 6.60. The maximum absolute atomic E-state index is 13.3. The molecule has 1 aliphatic rings. The van der Waals surface area contributed by atoms with Crippen LogP contribution < -0.4 is 10.6 Å². The van der Waals surface area contributed by atoms with Crippen molar-refractivity contribution in [2.24, 2.45) is 5.73 Å². The molecule has 1 saturated heterocycles. The highest BCUT2D eigenvalue weighted by Crippen LogP contribution is 2.21. The van der Waals surface area contributed by atoms with Gasteiger partial charge in [-0.15, -0.1) is 0 Å². The molecule has 0 unspecified atom stereocenters. The molecule has 0 radical (unpaired) electrons. The van der Waals surface area contributed by atoms with Crippen molar-refractivity contribution >= 4 is 16.7 Å². The zero-order chi connectivity index (χ0) is 16.2. The Bertz CT molecular complexity index is 652. The fraction of sp³-hybridized carbons (Fsp3) is 0.500. The fourth-order valence-electron chi connectivity index (χ4n) is 2.79. The largest absolute Gasteiger partial charge is 0.344 e. The molecule has 0 amide bonds. The number of benzene rings is 1. The number of anilines is 1. The highest BCUT2D eigenvalue weighted by molar-refractivity contribution is 7.09. The first-order valence-electron chi connectivity index (χ1n) is 7.90. The lowest BCUT2D eigenvalue weighted by Gasteiger charge is -2.33. The van der Waals surface area contributed by atoms with Crippen molar-refractivity contribution in [1.29, 1.82) is 0 Å². The molecular formula is C16H22FN5S. The van der Waals surface area contributed by atoms with Gasteiger partial charge in [0.15, 0.2) is 0 Å². The zero-order valence-electron chi connectivity index (χ0n) is 13.3. The van der Waals surface area contributed by atoms with Crippen molar-refractivity contribution in [2.45, 2.75) is 13.3 Å². The van der Waals surface area contributed by atoms with E-state index in [9.17, 15) is 4.39 Å². The summed E-state index contributed by atoms with van der Waals surface area (Å²) in [6.45, 7) is 7.40. The van der Waals surface area contributed by atoms with Crippen molar-refractivity contribution < 1.29 is 4.39 Å². The molecule has 2 N–H and O–H groups in total. The van der Waals surface area contributed by atoms with Crippen molar-refractivity contribution in [3.8, 4) is 0 Å². The highest BCUT2D eigenvalue weighted by Gasteiger charge is 2.19. The molecular weight excluding hydrogens is 313 g/mol. The number of piperazine rings is 1. The lowest BCUT2D eigenvalue weighted by atomic mass is 10.1. The first-order chi connectivity index (χ1) is 11.2. The SMILES string of the molecule is Cc1cc(Cc2nsc(N3CCN(CCN)CC3)n2)ccc1F. The number of nitrogens with two attached hydrogens (primary N) is 1. The highest BCUT2D eigenvalue weighted by atomic mass is 32.1. The van der Waals surface area contributed by atoms with Crippen LogP contribution in [-0.4, -0.2) is 53.5 Å². The quantitative estimate of drug-likeness (QED) is 0.900. The van der Waals surface area contributed by atoms with E-state index in [1.54, 1.807) is 13.0 Å². The summed E-state index contributed by atoms with van der Waals surface area (Å²) in [5.74, 6) is 0.636. The summed E-state index contributed by atoms with van der Waals surface area (Å²) in [6.07, 6.45) is 0.644. The van der Waals surface area contributed by atoms with Gasteiger partial charge in [-0.3, -0.25) is 4.90 Å². The molecule has 1 aromatic carbocycles. The Kier molecular flexibility index (Phi) is 5.20. The number of aryl methyl sites for hydroxylation is 1. The number of nitrogens with zero attached hydrogens (tertiary/aromatic N) is 4. The molecule has 2 heterocycles. The third-order valence-electron chi connectivity index (χ3n) is 4.13. The molecule has 1 aliphatic heterocycles. The Morgan fingerprint density at radius 3 is 2.74 bits per heavy atom. The van der Waals surface area contributed by atoms with E-state index in [1.165, 1.54) is 17.6 Å². The van der Waals surface area contributed by atoms with Crippen molar-refractivity contribution in [3.63, 3.8) is 0 Å². The maximum Gasteiger partial charge on any atom is 0.205 e. The van der Waals surface area contributed by atoms with Gasteiger partial charge in [-0.2, -0.15) is 4.37 Å². The minimum atomic E-state index is -0.170. The number of hydrogen-bond acceptors (Lipinski definition) is 6. The van der Waals surface area contributed by atoms with Crippen molar-refractivity contribution in [2.75, 3.05) is 44.2 Å². The molecule has 23 heavy (non-hydrogen) atoms. The van der Waals surface area contributed by atoms with Crippen LogP contribution in [0.5, 0.6) is 0 Å². The predicted octanol–water partition coefficient (Wildman–Crippen LogP) is 1.66. The van der Waals surface area contributed by atoms with Crippen LogP contribution in [0.25, 0.3) is 0 Å². The number of hydrogen-bond donors (Lipinski definition) is 1. The summed E-state index contributed by atoms with van der Waals surface area (Å²) >= 11 is 1.44. The molecule has 0 bridgehead atoms. The maximum atomic E-state index is 13.3. The Morgan fingerprint density at radius 1 is 1.26 bits per heavy atom. The zero-order valence-corrected chi connectivity index (χ0v) is 14.2. The van der Waals surface area contributed by atoms with Gasteiger partial charge in [0.1, 0.15) is 11.6 Å². The molecule has 0 atom stereocenters. The monoisotopic (exact) mass is 335 g/mol. The van der Waals surface area contributed by atoms with E-state index < -0.39 is 0 Å². The third-order valence-corrected chi connectivity index (χ3v) is 4.94. The van der Waals surface area contributed by atoms with E-state index in [2.05, 4.69) is 19.2 Å². The van der Waals surface area contributed by atoms with E-state index in [0.717, 1.165) is 49.2 Å². The van der Waals surface area contributed by atoms with Gasteiger partial charge in [-0.05, 0) is 24.1 Å². The molecule has 124 valence electrons. The molecule has 2 aromatic rings. The standard InChI is InChI=1S/C16H22FN5S/c1-12-10-13(2-3-14(12)17)11-15-19-16(23-20-15)22-8-6-21(5-4-18)7-9-22/h2-3,10H,4-9,11,18H2,1H3. The van der Waals surface area contributed by atoms with Gasteiger partial charge in [0.05, 0.1) is 0 Å². The average molecular weight is 335 g/mol. The van der Waals surface area contributed by atoms with E-state index in [0.29, 0.717) is 18.5 Å². The smallest absolute Gasteiger partial charge is 0.205 e. The summed E-state index contributed by atoms with van der Waals surface area (Å²) in [4.78, 5) is 9.31. The molecule has 1 fully saturated rings.